The number of aromatic nitrogens is 2. The van der Waals surface area contributed by atoms with Gasteiger partial charge in [-0.15, -0.1) is 10.2 Å². The standard InChI is InChI=1S/C12H12ClN3OS/c1-3-16(9-6-4-8(2)5-7-9)11(17)10-14-15-12(13)18-10/h4-7H,3H2,1-2H3. The Bertz CT molecular complexity index is 553. The lowest BCUT2D eigenvalue weighted by Gasteiger charge is -2.19. The number of benzene rings is 1. The van der Waals surface area contributed by atoms with Gasteiger partial charge < -0.3 is 4.90 Å². The highest BCUT2D eigenvalue weighted by Crippen LogP contribution is 2.21. The maximum Gasteiger partial charge on any atom is 0.289 e. The summed E-state index contributed by atoms with van der Waals surface area (Å²) in [6.45, 7) is 4.49. The average molecular weight is 282 g/mol. The van der Waals surface area contributed by atoms with E-state index in [4.69, 9.17) is 11.6 Å². The summed E-state index contributed by atoms with van der Waals surface area (Å²) in [6.07, 6.45) is 0. The minimum Gasteiger partial charge on any atom is -0.307 e. The van der Waals surface area contributed by atoms with E-state index in [0.717, 1.165) is 22.6 Å². The monoisotopic (exact) mass is 281 g/mol. The first-order valence-electron chi connectivity index (χ1n) is 5.49. The van der Waals surface area contributed by atoms with Gasteiger partial charge in [0.15, 0.2) is 0 Å². The van der Waals surface area contributed by atoms with E-state index in [1.807, 2.05) is 38.1 Å². The highest BCUT2D eigenvalue weighted by molar-refractivity contribution is 7.17. The molecule has 0 saturated heterocycles. The summed E-state index contributed by atoms with van der Waals surface area (Å²) in [5, 5.41) is 7.73. The van der Waals surface area contributed by atoms with Crippen LogP contribution in [0.2, 0.25) is 4.47 Å². The van der Waals surface area contributed by atoms with Crippen LogP contribution in [0.15, 0.2) is 24.3 Å². The predicted octanol–water partition coefficient (Wildman–Crippen LogP) is 3.17. The van der Waals surface area contributed by atoms with Crippen LogP contribution in [0.5, 0.6) is 0 Å². The van der Waals surface area contributed by atoms with Gasteiger partial charge in [0.25, 0.3) is 5.91 Å². The van der Waals surface area contributed by atoms with Crippen molar-refractivity contribution in [3.05, 3.63) is 39.3 Å². The van der Waals surface area contributed by atoms with E-state index < -0.39 is 0 Å². The van der Waals surface area contributed by atoms with Gasteiger partial charge in [0.2, 0.25) is 9.47 Å². The maximum absolute atomic E-state index is 12.2. The fourth-order valence-corrected chi connectivity index (χ4v) is 2.35. The van der Waals surface area contributed by atoms with Crippen molar-refractivity contribution in [3.63, 3.8) is 0 Å². The molecule has 2 rings (SSSR count). The van der Waals surface area contributed by atoms with Crippen molar-refractivity contribution in [2.45, 2.75) is 13.8 Å². The summed E-state index contributed by atoms with van der Waals surface area (Å²) in [6, 6.07) is 7.77. The maximum atomic E-state index is 12.2. The van der Waals surface area contributed by atoms with Gasteiger partial charge in [-0.1, -0.05) is 29.0 Å². The van der Waals surface area contributed by atoms with Crippen LogP contribution in [0.3, 0.4) is 0 Å². The molecule has 1 aromatic heterocycles. The Balaban J connectivity index is 2.28. The number of carbonyl (C=O) groups is 1. The summed E-state index contributed by atoms with van der Waals surface area (Å²) in [5.74, 6) is -0.175. The summed E-state index contributed by atoms with van der Waals surface area (Å²) in [5.41, 5.74) is 2.00. The van der Waals surface area contributed by atoms with Gasteiger partial charge >= 0.3 is 0 Å². The fraction of sp³-hybridized carbons (Fsp3) is 0.250. The van der Waals surface area contributed by atoms with Crippen LogP contribution < -0.4 is 4.90 Å². The molecular weight excluding hydrogens is 270 g/mol. The normalized spacial score (nSPS) is 10.4. The molecule has 6 heteroatoms. The highest BCUT2D eigenvalue weighted by atomic mass is 35.5. The zero-order valence-corrected chi connectivity index (χ0v) is 11.6. The van der Waals surface area contributed by atoms with Gasteiger partial charge in [0.05, 0.1) is 0 Å². The molecule has 0 bridgehead atoms. The lowest BCUT2D eigenvalue weighted by Crippen LogP contribution is -2.30. The second-order valence-corrected chi connectivity index (χ2v) is 5.30. The zero-order chi connectivity index (χ0) is 13.1. The van der Waals surface area contributed by atoms with Gasteiger partial charge in [-0.25, -0.2) is 0 Å². The van der Waals surface area contributed by atoms with Crippen molar-refractivity contribution in [2.24, 2.45) is 0 Å². The molecule has 2 aromatic rings. The molecule has 0 aliphatic heterocycles. The van der Waals surface area contributed by atoms with Crippen LogP contribution in [0.1, 0.15) is 22.3 Å². The third-order valence-electron chi connectivity index (χ3n) is 2.49. The molecule has 0 spiro atoms. The smallest absolute Gasteiger partial charge is 0.289 e. The van der Waals surface area contributed by atoms with Crippen molar-refractivity contribution in [2.75, 3.05) is 11.4 Å². The largest absolute Gasteiger partial charge is 0.307 e. The van der Waals surface area contributed by atoms with Gasteiger partial charge in [0, 0.05) is 12.2 Å². The lowest BCUT2D eigenvalue weighted by molar-refractivity contribution is 0.0987. The van der Waals surface area contributed by atoms with Crippen molar-refractivity contribution in [1.29, 1.82) is 0 Å². The van der Waals surface area contributed by atoms with Crippen LogP contribution in [0, 0.1) is 6.92 Å². The van der Waals surface area contributed by atoms with E-state index in [1.165, 1.54) is 0 Å². The third-order valence-corrected chi connectivity index (χ3v) is 3.50. The number of hydrogen-bond acceptors (Lipinski definition) is 4. The molecule has 0 fully saturated rings. The van der Waals surface area contributed by atoms with E-state index in [0.29, 0.717) is 11.6 Å². The Morgan fingerprint density at radius 2 is 2.00 bits per heavy atom. The molecule has 0 aliphatic carbocycles. The van der Waals surface area contributed by atoms with E-state index in [-0.39, 0.29) is 10.4 Å². The number of amides is 1. The predicted molar refractivity (Wildman–Crippen MR) is 73.4 cm³/mol. The van der Waals surface area contributed by atoms with Crippen LogP contribution in [0.25, 0.3) is 0 Å². The number of anilines is 1. The van der Waals surface area contributed by atoms with E-state index in [1.54, 1.807) is 4.90 Å². The molecule has 1 heterocycles. The number of aryl methyl sites for hydroxylation is 1. The second kappa shape index (κ2) is 5.46. The van der Waals surface area contributed by atoms with Crippen molar-refractivity contribution in [3.8, 4) is 0 Å². The van der Waals surface area contributed by atoms with Gasteiger partial charge in [0.1, 0.15) is 0 Å². The molecule has 0 atom stereocenters. The second-order valence-electron chi connectivity index (χ2n) is 3.75. The van der Waals surface area contributed by atoms with Crippen molar-refractivity contribution >= 4 is 34.5 Å². The molecule has 0 unspecified atom stereocenters. The summed E-state index contributed by atoms with van der Waals surface area (Å²) in [4.78, 5) is 13.9. The average Bonchev–Trinajstić information content (AvgIpc) is 2.79. The molecule has 0 radical (unpaired) electrons. The Kier molecular flexibility index (Phi) is 3.93. The van der Waals surface area contributed by atoms with E-state index in [2.05, 4.69) is 10.2 Å². The summed E-state index contributed by atoms with van der Waals surface area (Å²) >= 11 is 6.78. The topological polar surface area (TPSA) is 46.1 Å². The van der Waals surface area contributed by atoms with Crippen LogP contribution >= 0.6 is 22.9 Å². The molecule has 18 heavy (non-hydrogen) atoms. The third kappa shape index (κ3) is 2.68. The summed E-state index contributed by atoms with van der Waals surface area (Å²) in [7, 11) is 0. The Labute approximate surface area is 114 Å². The number of rotatable bonds is 3. The molecule has 1 amide bonds. The van der Waals surface area contributed by atoms with Crippen LogP contribution in [-0.4, -0.2) is 22.6 Å². The Morgan fingerprint density at radius 3 is 2.50 bits per heavy atom. The molecule has 0 saturated carbocycles. The minimum absolute atomic E-state index is 0.175. The molecule has 0 aliphatic rings. The fourth-order valence-electron chi connectivity index (χ4n) is 1.58. The molecular formula is C12H12ClN3OS. The Morgan fingerprint density at radius 1 is 1.33 bits per heavy atom. The number of nitrogens with zero attached hydrogens (tertiary/aromatic N) is 3. The number of carbonyl (C=O) groups excluding carboxylic acids is 1. The minimum atomic E-state index is -0.175. The first-order valence-corrected chi connectivity index (χ1v) is 6.68. The molecule has 0 N–H and O–H groups in total. The van der Waals surface area contributed by atoms with Gasteiger partial charge in [-0.3, -0.25) is 4.79 Å². The number of halogens is 1. The quantitative estimate of drug-likeness (QED) is 0.868. The van der Waals surface area contributed by atoms with E-state index >= 15 is 0 Å². The van der Waals surface area contributed by atoms with E-state index in [9.17, 15) is 4.79 Å². The van der Waals surface area contributed by atoms with Crippen LogP contribution in [-0.2, 0) is 0 Å². The molecule has 4 nitrogen and oxygen atoms in total. The summed E-state index contributed by atoms with van der Waals surface area (Å²) < 4.78 is 0.276. The lowest BCUT2D eigenvalue weighted by atomic mass is 10.2. The van der Waals surface area contributed by atoms with Crippen LogP contribution in [0.4, 0.5) is 5.69 Å². The molecule has 1 aromatic carbocycles. The highest BCUT2D eigenvalue weighted by Gasteiger charge is 2.20. The van der Waals surface area contributed by atoms with Crippen molar-refractivity contribution < 1.29 is 4.79 Å². The first kappa shape index (κ1) is 13.0. The number of hydrogen-bond donors (Lipinski definition) is 0. The van der Waals surface area contributed by atoms with Gasteiger partial charge in [-0.2, -0.15) is 0 Å². The first-order chi connectivity index (χ1) is 8.61. The molecule has 94 valence electrons. The zero-order valence-electron chi connectivity index (χ0n) is 10.1. The van der Waals surface area contributed by atoms with Gasteiger partial charge in [-0.05, 0) is 37.6 Å². The SMILES string of the molecule is CCN(C(=O)c1nnc(Cl)s1)c1ccc(C)cc1. The van der Waals surface area contributed by atoms with Crippen molar-refractivity contribution in [1.82, 2.24) is 10.2 Å². The Hall–Kier alpha value is -1.46.